The fraction of sp³-hybridized carbons (Fsp3) is 0.462. The van der Waals surface area contributed by atoms with Crippen LogP contribution in [-0.2, 0) is 0 Å². The van der Waals surface area contributed by atoms with Crippen molar-refractivity contribution in [2.24, 2.45) is 0 Å². The average Bonchev–Trinajstić information content (AvgIpc) is 2.89. The first-order valence-electron chi connectivity index (χ1n) is 6.33. The van der Waals surface area contributed by atoms with Crippen LogP contribution < -0.4 is 5.32 Å². The minimum absolute atomic E-state index is 0.199. The van der Waals surface area contributed by atoms with Crippen LogP contribution in [0.2, 0.25) is 0 Å². The van der Waals surface area contributed by atoms with Crippen molar-refractivity contribution in [1.82, 2.24) is 20.4 Å². The third-order valence-electron chi connectivity index (χ3n) is 3.19. The van der Waals surface area contributed by atoms with E-state index in [0.29, 0.717) is 11.7 Å². The van der Waals surface area contributed by atoms with Gasteiger partial charge in [0, 0.05) is 6.20 Å². The lowest BCUT2D eigenvalue weighted by Crippen LogP contribution is -2.26. The molecule has 0 aliphatic carbocycles. The van der Waals surface area contributed by atoms with Gasteiger partial charge in [-0.2, -0.15) is 4.98 Å². The molecule has 1 N–H and O–H groups in total. The van der Waals surface area contributed by atoms with Gasteiger partial charge in [0.25, 0.3) is 0 Å². The van der Waals surface area contributed by atoms with E-state index in [1.165, 1.54) is 12.8 Å². The second-order valence-corrected chi connectivity index (χ2v) is 4.68. The number of rotatable bonds is 2. The molecule has 2 aromatic rings. The molecule has 3 heterocycles. The third-order valence-corrected chi connectivity index (χ3v) is 3.19. The van der Waals surface area contributed by atoms with E-state index < -0.39 is 0 Å². The number of hydrogen-bond acceptors (Lipinski definition) is 5. The Kier molecular flexibility index (Phi) is 3.06. The molecule has 1 aliphatic rings. The highest BCUT2D eigenvalue weighted by Crippen LogP contribution is 2.23. The second-order valence-electron chi connectivity index (χ2n) is 4.68. The molecule has 1 atom stereocenters. The fourth-order valence-corrected chi connectivity index (χ4v) is 2.20. The molecule has 0 radical (unpaired) electrons. The standard InChI is InChI=1S/C13H16N4O/c1-9-5-7-15-11(8-9)12-16-13(18-17-12)10-4-2-3-6-14-10/h5,7-8,10,14H,2-4,6H2,1H3/t10-/m1/s1. The predicted octanol–water partition coefficient (Wildman–Crippen LogP) is 2.25. The number of nitrogens with one attached hydrogen (secondary N) is 1. The highest BCUT2D eigenvalue weighted by atomic mass is 16.5. The van der Waals surface area contributed by atoms with Gasteiger partial charge in [-0.15, -0.1) is 0 Å². The molecule has 1 saturated heterocycles. The topological polar surface area (TPSA) is 63.8 Å². The van der Waals surface area contributed by atoms with Crippen LogP contribution in [0, 0.1) is 6.92 Å². The molecule has 1 fully saturated rings. The molecule has 2 aromatic heterocycles. The quantitative estimate of drug-likeness (QED) is 0.877. The number of hydrogen-bond donors (Lipinski definition) is 1. The highest BCUT2D eigenvalue weighted by Gasteiger charge is 2.21. The van der Waals surface area contributed by atoms with Crippen molar-refractivity contribution < 1.29 is 4.52 Å². The first-order chi connectivity index (χ1) is 8.83. The Morgan fingerprint density at radius 2 is 2.33 bits per heavy atom. The van der Waals surface area contributed by atoms with Crippen molar-refractivity contribution in [3.05, 3.63) is 29.8 Å². The van der Waals surface area contributed by atoms with E-state index in [1.54, 1.807) is 6.20 Å². The van der Waals surface area contributed by atoms with E-state index in [-0.39, 0.29) is 6.04 Å². The van der Waals surface area contributed by atoms with Gasteiger partial charge in [0.1, 0.15) is 5.69 Å². The molecule has 0 spiro atoms. The van der Waals surface area contributed by atoms with E-state index in [1.807, 2.05) is 19.1 Å². The summed E-state index contributed by atoms with van der Waals surface area (Å²) in [7, 11) is 0. The Bertz CT molecular complexity index is 531. The van der Waals surface area contributed by atoms with Crippen LogP contribution in [0.15, 0.2) is 22.9 Å². The normalized spacial score (nSPS) is 19.9. The Morgan fingerprint density at radius 3 is 3.11 bits per heavy atom. The summed E-state index contributed by atoms with van der Waals surface area (Å²) in [6.45, 7) is 3.04. The van der Waals surface area contributed by atoms with Crippen molar-refractivity contribution in [2.45, 2.75) is 32.2 Å². The van der Waals surface area contributed by atoms with Crippen LogP contribution in [-0.4, -0.2) is 21.7 Å². The minimum atomic E-state index is 0.199. The van der Waals surface area contributed by atoms with E-state index in [2.05, 4.69) is 20.4 Å². The Balaban J connectivity index is 1.84. The lowest BCUT2D eigenvalue weighted by Gasteiger charge is -2.19. The molecule has 3 rings (SSSR count). The first-order valence-corrected chi connectivity index (χ1v) is 6.33. The van der Waals surface area contributed by atoms with Crippen LogP contribution in [0.25, 0.3) is 11.5 Å². The summed E-state index contributed by atoms with van der Waals surface area (Å²) in [5.41, 5.74) is 1.91. The van der Waals surface area contributed by atoms with Gasteiger partial charge < -0.3 is 9.84 Å². The number of nitrogens with zero attached hydrogens (tertiary/aromatic N) is 3. The second kappa shape index (κ2) is 4.86. The molecule has 0 unspecified atom stereocenters. The van der Waals surface area contributed by atoms with Gasteiger partial charge in [-0.3, -0.25) is 4.98 Å². The lowest BCUT2D eigenvalue weighted by molar-refractivity contribution is 0.297. The molecular weight excluding hydrogens is 228 g/mol. The van der Waals surface area contributed by atoms with Gasteiger partial charge in [0.2, 0.25) is 11.7 Å². The van der Waals surface area contributed by atoms with Gasteiger partial charge in [-0.1, -0.05) is 11.6 Å². The predicted molar refractivity (Wildman–Crippen MR) is 66.9 cm³/mol. The van der Waals surface area contributed by atoms with Crippen molar-refractivity contribution in [3.8, 4) is 11.5 Å². The maximum Gasteiger partial charge on any atom is 0.244 e. The minimum Gasteiger partial charge on any atom is -0.337 e. The lowest BCUT2D eigenvalue weighted by atomic mass is 10.1. The summed E-state index contributed by atoms with van der Waals surface area (Å²) >= 11 is 0. The summed E-state index contributed by atoms with van der Waals surface area (Å²) in [5, 5.41) is 7.41. The van der Waals surface area contributed by atoms with E-state index in [9.17, 15) is 0 Å². The number of aryl methyl sites for hydroxylation is 1. The molecular formula is C13H16N4O. The van der Waals surface area contributed by atoms with Crippen molar-refractivity contribution in [1.29, 1.82) is 0 Å². The van der Waals surface area contributed by atoms with Gasteiger partial charge in [-0.25, -0.2) is 0 Å². The smallest absolute Gasteiger partial charge is 0.244 e. The zero-order chi connectivity index (χ0) is 12.4. The van der Waals surface area contributed by atoms with Gasteiger partial charge >= 0.3 is 0 Å². The molecule has 0 amide bonds. The molecule has 94 valence electrons. The molecule has 5 nitrogen and oxygen atoms in total. The van der Waals surface area contributed by atoms with E-state index in [4.69, 9.17) is 4.52 Å². The van der Waals surface area contributed by atoms with E-state index >= 15 is 0 Å². The van der Waals surface area contributed by atoms with Crippen LogP contribution in [0.3, 0.4) is 0 Å². The summed E-state index contributed by atoms with van der Waals surface area (Å²) in [5.74, 6) is 1.24. The Morgan fingerprint density at radius 1 is 1.39 bits per heavy atom. The third kappa shape index (κ3) is 2.26. The Labute approximate surface area is 106 Å². The molecule has 18 heavy (non-hydrogen) atoms. The maximum absolute atomic E-state index is 5.33. The number of pyridine rings is 1. The summed E-state index contributed by atoms with van der Waals surface area (Å²) in [6.07, 6.45) is 5.25. The molecule has 0 bridgehead atoms. The zero-order valence-electron chi connectivity index (χ0n) is 10.4. The van der Waals surface area contributed by atoms with E-state index in [0.717, 1.165) is 24.2 Å². The first kappa shape index (κ1) is 11.3. The monoisotopic (exact) mass is 244 g/mol. The van der Waals surface area contributed by atoms with Gasteiger partial charge in [0.05, 0.1) is 6.04 Å². The maximum atomic E-state index is 5.33. The van der Waals surface area contributed by atoms with Crippen LogP contribution in [0.5, 0.6) is 0 Å². The van der Waals surface area contributed by atoms with Crippen LogP contribution in [0.1, 0.15) is 36.8 Å². The van der Waals surface area contributed by atoms with Crippen LogP contribution in [0.4, 0.5) is 0 Å². The van der Waals surface area contributed by atoms with Gasteiger partial charge in [0.15, 0.2) is 0 Å². The van der Waals surface area contributed by atoms with Crippen molar-refractivity contribution >= 4 is 0 Å². The summed E-state index contributed by atoms with van der Waals surface area (Å²) < 4.78 is 5.33. The molecule has 0 saturated carbocycles. The van der Waals surface area contributed by atoms with Gasteiger partial charge in [-0.05, 0) is 44.0 Å². The van der Waals surface area contributed by atoms with Crippen molar-refractivity contribution in [3.63, 3.8) is 0 Å². The SMILES string of the molecule is Cc1ccnc(-c2noc([C@H]3CCCCN3)n2)c1. The average molecular weight is 244 g/mol. The largest absolute Gasteiger partial charge is 0.337 e. The number of piperidine rings is 1. The molecule has 5 heteroatoms. The number of aromatic nitrogens is 3. The molecule has 0 aromatic carbocycles. The summed E-state index contributed by atoms with van der Waals surface area (Å²) in [4.78, 5) is 8.71. The molecule has 1 aliphatic heterocycles. The highest BCUT2D eigenvalue weighted by molar-refractivity contribution is 5.48. The van der Waals surface area contributed by atoms with Crippen molar-refractivity contribution in [2.75, 3.05) is 6.54 Å². The summed E-state index contributed by atoms with van der Waals surface area (Å²) in [6, 6.07) is 4.11. The van der Waals surface area contributed by atoms with Crippen LogP contribution >= 0.6 is 0 Å². The zero-order valence-corrected chi connectivity index (χ0v) is 10.4. The Hall–Kier alpha value is -1.75. The fourth-order valence-electron chi connectivity index (χ4n) is 2.20.